The molecule has 0 fully saturated rings. The number of aromatic nitrogens is 1. The molecule has 0 radical (unpaired) electrons. The summed E-state index contributed by atoms with van der Waals surface area (Å²) in [5.41, 5.74) is 7.83. The van der Waals surface area contributed by atoms with Crippen molar-refractivity contribution in [1.29, 1.82) is 0 Å². The van der Waals surface area contributed by atoms with Crippen LogP contribution in [0.2, 0.25) is 0 Å². The SMILES string of the molecule is CC1=NC(=Cc2ccoc(=NN)c2-c2ccco2)C(C(C)C)=C1CCCNCc1ccncc1. The summed E-state index contributed by atoms with van der Waals surface area (Å²) in [7, 11) is 0. The van der Waals surface area contributed by atoms with Gasteiger partial charge in [-0.3, -0.25) is 9.98 Å². The van der Waals surface area contributed by atoms with Crippen molar-refractivity contribution in [3.63, 3.8) is 0 Å². The molecule has 0 saturated heterocycles. The maximum absolute atomic E-state index is 5.63. The Morgan fingerprint density at radius 2 is 1.94 bits per heavy atom. The highest BCUT2D eigenvalue weighted by Gasteiger charge is 2.24. The normalized spacial score (nSPS) is 15.6. The Bertz CT molecular complexity index is 1270. The summed E-state index contributed by atoms with van der Waals surface area (Å²) in [6.07, 6.45) is 11.0. The van der Waals surface area contributed by atoms with E-state index in [0.29, 0.717) is 22.8 Å². The Kier molecular flexibility index (Phi) is 7.54. The summed E-state index contributed by atoms with van der Waals surface area (Å²) in [6, 6.07) is 9.66. The second-order valence-corrected chi connectivity index (χ2v) is 8.57. The molecule has 0 saturated carbocycles. The van der Waals surface area contributed by atoms with E-state index >= 15 is 0 Å². The smallest absolute Gasteiger partial charge is 0.246 e. The third-order valence-corrected chi connectivity index (χ3v) is 5.87. The minimum absolute atomic E-state index is 0.318. The Hall–Kier alpha value is -3.71. The van der Waals surface area contributed by atoms with Crippen LogP contribution in [0.25, 0.3) is 17.4 Å². The lowest BCUT2D eigenvalue weighted by Crippen LogP contribution is -2.15. The maximum Gasteiger partial charge on any atom is 0.246 e. The Morgan fingerprint density at radius 1 is 1.12 bits per heavy atom. The van der Waals surface area contributed by atoms with Gasteiger partial charge >= 0.3 is 0 Å². The molecule has 0 aliphatic carbocycles. The van der Waals surface area contributed by atoms with Gasteiger partial charge in [-0.15, -0.1) is 5.10 Å². The van der Waals surface area contributed by atoms with Crippen LogP contribution in [0.5, 0.6) is 0 Å². The number of rotatable bonds is 9. The van der Waals surface area contributed by atoms with E-state index in [4.69, 9.17) is 19.7 Å². The lowest BCUT2D eigenvalue weighted by Gasteiger charge is -2.13. The zero-order valence-electron chi connectivity index (χ0n) is 19.9. The van der Waals surface area contributed by atoms with Gasteiger partial charge in [0.1, 0.15) is 5.76 Å². The predicted octanol–water partition coefficient (Wildman–Crippen LogP) is 5.05. The first-order chi connectivity index (χ1) is 16.6. The highest BCUT2D eigenvalue weighted by atomic mass is 16.3. The van der Waals surface area contributed by atoms with Crippen molar-refractivity contribution in [3.8, 4) is 11.3 Å². The molecule has 7 nitrogen and oxygen atoms in total. The Balaban J connectivity index is 1.56. The lowest BCUT2D eigenvalue weighted by molar-refractivity contribution is 0.486. The number of nitrogens with one attached hydrogen (secondary N) is 1. The molecule has 0 atom stereocenters. The number of allylic oxidation sites excluding steroid dienone is 2. The first-order valence-corrected chi connectivity index (χ1v) is 11.6. The molecule has 7 heteroatoms. The van der Waals surface area contributed by atoms with Crippen molar-refractivity contribution in [3.05, 3.63) is 88.8 Å². The van der Waals surface area contributed by atoms with Gasteiger partial charge in [0, 0.05) is 24.7 Å². The fraction of sp³-hybridized carbons (Fsp3) is 0.296. The van der Waals surface area contributed by atoms with Gasteiger partial charge in [-0.1, -0.05) is 13.8 Å². The lowest BCUT2D eigenvalue weighted by atomic mass is 9.91. The van der Waals surface area contributed by atoms with Crippen LogP contribution in [0.15, 0.2) is 91.0 Å². The summed E-state index contributed by atoms with van der Waals surface area (Å²) in [5.74, 6) is 6.58. The summed E-state index contributed by atoms with van der Waals surface area (Å²) in [6.45, 7) is 8.31. The molecule has 0 unspecified atom stereocenters. The van der Waals surface area contributed by atoms with Gasteiger partial charge in [-0.2, -0.15) is 0 Å². The molecule has 4 rings (SSSR count). The molecule has 0 spiro atoms. The van der Waals surface area contributed by atoms with Crippen molar-refractivity contribution >= 4 is 11.8 Å². The average molecular weight is 458 g/mol. The van der Waals surface area contributed by atoms with Gasteiger partial charge in [0.25, 0.3) is 0 Å². The summed E-state index contributed by atoms with van der Waals surface area (Å²) < 4.78 is 11.2. The third kappa shape index (κ3) is 5.26. The largest absolute Gasteiger partial charge is 0.464 e. The van der Waals surface area contributed by atoms with E-state index in [1.165, 1.54) is 16.7 Å². The van der Waals surface area contributed by atoms with Crippen molar-refractivity contribution in [2.75, 3.05) is 6.54 Å². The number of furan rings is 1. The van der Waals surface area contributed by atoms with Gasteiger partial charge in [0.15, 0.2) is 0 Å². The molecule has 0 aromatic carbocycles. The summed E-state index contributed by atoms with van der Waals surface area (Å²) in [4.78, 5) is 9.01. The fourth-order valence-electron chi connectivity index (χ4n) is 4.32. The van der Waals surface area contributed by atoms with Crippen LogP contribution in [0.1, 0.15) is 44.7 Å². The molecule has 4 heterocycles. The van der Waals surface area contributed by atoms with Crippen LogP contribution in [-0.4, -0.2) is 17.2 Å². The summed E-state index contributed by atoms with van der Waals surface area (Å²) >= 11 is 0. The number of nitrogens with zero attached hydrogens (tertiary/aromatic N) is 3. The quantitative estimate of drug-likeness (QED) is 0.266. The second kappa shape index (κ2) is 10.9. The highest BCUT2D eigenvalue weighted by molar-refractivity contribution is 6.04. The van der Waals surface area contributed by atoms with Crippen LogP contribution in [0.4, 0.5) is 0 Å². The van der Waals surface area contributed by atoms with Crippen LogP contribution in [0.3, 0.4) is 0 Å². The Morgan fingerprint density at radius 3 is 2.65 bits per heavy atom. The van der Waals surface area contributed by atoms with Crippen molar-refractivity contribution < 1.29 is 8.83 Å². The molecule has 3 N–H and O–H groups in total. The number of aliphatic imine (C=N–C) groups is 1. The standard InChI is InChI=1S/C27H31N5O2/c1-18(2)25-22(6-4-11-30-17-20-8-12-29-13-9-20)19(3)31-23(25)16-21-10-15-34-27(32-28)26(21)24-7-5-14-33-24/h5,7-10,12-16,18,30H,4,6,11,17,28H2,1-3H3. The second-order valence-electron chi connectivity index (χ2n) is 8.57. The van der Waals surface area contributed by atoms with Gasteiger partial charge in [0.2, 0.25) is 5.55 Å². The Labute approximate surface area is 199 Å². The first kappa shape index (κ1) is 23.4. The van der Waals surface area contributed by atoms with Gasteiger partial charge < -0.3 is 20.0 Å². The maximum atomic E-state index is 5.63. The van der Waals surface area contributed by atoms with E-state index < -0.39 is 0 Å². The molecule has 1 aliphatic heterocycles. The van der Waals surface area contributed by atoms with E-state index in [1.807, 2.05) is 42.7 Å². The zero-order chi connectivity index (χ0) is 23.9. The number of nitrogens with two attached hydrogens (primary N) is 1. The molecule has 34 heavy (non-hydrogen) atoms. The van der Waals surface area contributed by atoms with E-state index in [0.717, 1.165) is 42.9 Å². The topological polar surface area (TPSA) is 102 Å². The molecule has 3 aromatic heterocycles. The van der Waals surface area contributed by atoms with Gasteiger partial charge in [0.05, 0.1) is 23.8 Å². The number of hydrogen-bond acceptors (Lipinski definition) is 7. The molecule has 3 aromatic rings. The first-order valence-electron chi connectivity index (χ1n) is 11.6. The summed E-state index contributed by atoms with van der Waals surface area (Å²) in [5, 5.41) is 7.33. The molecule has 1 aliphatic rings. The molecule has 176 valence electrons. The van der Waals surface area contributed by atoms with Gasteiger partial charge in [-0.05, 0) is 90.9 Å². The van der Waals surface area contributed by atoms with Crippen molar-refractivity contribution in [1.82, 2.24) is 10.3 Å². The number of pyridine rings is 1. The van der Waals surface area contributed by atoms with E-state index in [-0.39, 0.29) is 0 Å². The van der Waals surface area contributed by atoms with Gasteiger partial charge in [-0.25, -0.2) is 0 Å². The van der Waals surface area contributed by atoms with Crippen molar-refractivity contribution in [2.24, 2.45) is 21.9 Å². The highest BCUT2D eigenvalue weighted by Crippen LogP contribution is 2.35. The van der Waals surface area contributed by atoms with Crippen LogP contribution in [-0.2, 0) is 6.54 Å². The van der Waals surface area contributed by atoms with Crippen LogP contribution in [0, 0.1) is 5.92 Å². The van der Waals surface area contributed by atoms with E-state index in [9.17, 15) is 0 Å². The predicted molar refractivity (Wildman–Crippen MR) is 134 cm³/mol. The van der Waals surface area contributed by atoms with Crippen molar-refractivity contribution in [2.45, 2.75) is 40.2 Å². The van der Waals surface area contributed by atoms with Crippen LogP contribution >= 0.6 is 0 Å². The van der Waals surface area contributed by atoms with E-state index in [2.05, 4.69) is 42.2 Å². The average Bonchev–Trinajstić information content (AvgIpc) is 3.47. The third-order valence-electron chi connectivity index (χ3n) is 5.87. The minimum Gasteiger partial charge on any atom is -0.464 e. The molecular weight excluding hydrogens is 426 g/mol. The molecular formula is C27H31N5O2. The molecule has 0 amide bonds. The van der Waals surface area contributed by atoms with Crippen LogP contribution < -0.4 is 16.7 Å². The minimum atomic E-state index is 0.318. The monoisotopic (exact) mass is 457 g/mol. The fourth-order valence-corrected chi connectivity index (χ4v) is 4.32. The molecule has 0 bridgehead atoms. The number of hydrogen-bond donors (Lipinski definition) is 2. The van der Waals surface area contributed by atoms with E-state index in [1.54, 1.807) is 12.5 Å². The zero-order valence-corrected chi connectivity index (χ0v) is 19.9.